The largest absolute Gasteiger partial charge is 0.463 e. The molecule has 0 heterocycles. The van der Waals surface area contributed by atoms with Crippen LogP contribution in [0.15, 0.2) is 102 Å². The molecule has 0 saturated heterocycles. The highest BCUT2D eigenvalue weighted by Gasteiger charge is 2.01. The molecule has 3 rings (SSSR count). The van der Waals surface area contributed by atoms with Gasteiger partial charge in [-0.15, -0.1) is 23.5 Å². The molecule has 3 aromatic rings. The fourth-order valence-electron chi connectivity index (χ4n) is 3.85. The molecule has 0 amide bonds. The van der Waals surface area contributed by atoms with Crippen LogP contribution in [0.2, 0.25) is 5.02 Å². The van der Waals surface area contributed by atoms with E-state index >= 15 is 0 Å². The van der Waals surface area contributed by atoms with E-state index < -0.39 is 0 Å². The molecule has 0 aromatic heterocycles. The third-order valence-electron chi connectivity index (χ3n) is 6.31. The number of carbonyl (C=O) groups excluding carboxylic acids is 2. The molecular weight excluding hydrogens is 620 g/mol. The van der Waals surface area contributed by atoms with Crippen LogP contribution in [0, 0.1) is 23.7 Å². The van der Waals surface area contributed by atoms with E-state index in [0.717, 1.165) is 72.3 Å². The molecule has 232 valence electrons. The summed E-state index contributed by atoms with van der Waals surface area (Å²) < 4.78 is 9.98. The summed E-state index contributed by atoms with van der Waals surface area (Å²) in [6.07, 6.45) is 8.26. The van der Waals surface area contributed by atoms with E-state index in [2.05, 4.69) is 61.1 Å². The van der Waals surface area contributed by atoms with Crippen LogP contribution in [0.25, 0.3) is 0 Å². The molecule has 4 nitrogen and oxygen atoms in total. The van der Waals surface area contributed by atoms with Gasteiger partial charge in [0, 0.05) is 44.2 Å². The van der Waals surface area contributed by atoms with E-state index in [1.807, 2.05) is 54.2 Å². The van der Waals surface area contributed by atoms with Crippen LogP contribution >= 0.6 is 35.1 Å². The Morgan fingerprint density at radius 2 is 1.07 bits per heavy atom. The molecule has 0 spiro atoms. The van der Waals surface area contributed by atoms with Gasteiger partial charge in [0.2, 0.25) is 0 Å². The van der Waals surface area contributed by atoms with Crippen LogP contribution in [0.3, 0.4) is 0 Å². The molecule has 0 unspecified atom stereocenters. The maximum absolute atomic E-state index is 11.0. The number of thioether (sulfide) groups is 2. The molecule has 0 radical (unpaired) electrons. The second kappa shape index (κ2) is 21.0. The van der Waals surface area contributed by atoms with Gasteiger partial charge in [-0.3, -0.25) is 0 Å². The normalized spacial score (nSPS) is 10.1. The van der Waals surface area contributed by atoms with Crippen molar-refractivity contribution in [3.63, 3.8) is 0 Å². The van der Waals surface area contributed by atoms with E-state index in [-0.39, 0.29) is 11.9 Å². The van der Waals surface area contributed by atoms with Crippen LogP contribution in [0.5, 0.6) is 0 Å². The lowest BCUT2D eigenvalue weighted by molar-refractivity contribution is -0.138. The van der Waals surface area contributed by atoms with Crippen molar-refractivity contribution in [3.05, 3.63) is 119 Å². The Morgan fingerprint density at radius 3 is 1.53 bits per heavy atom. The number of hydrogen-bond acceptors (Lipinski definition) is 6. The quantitative estimate of drug-likeness (QED) is 0.0504. The number of benzene rings is 3. The number of halogens is 1. The fourth-order valence-corrected chi connectivity index (χ4v) is 5.91. The predicted octanol–water partition coefficient (Wildman–Crippen LogP) is 9.12. The lowest BCUT2D eigenvalue weighted by atomic mass is 10.1. The number of unbranched alkanes of at least 4 members (excludes halogenated alkanes) is 4. The van der Waals surface area contributed by atoms with Crippen LogP contribution in [0.4, 0.5) is 0 Å². The number of carbonyl (C=O) groups is 2. The maximum Gasteiger partial charge on any atom is 0.330 e. The number of hydrogen-bond donors (Lipinski definition) is 0. The monoisotopic (exact) mass is 656 g/mol. The molecule has 0 fully saturated rings. The average molecular weight is 657 g/mol. The van der Waals surface area contributed by atoms with E-state index in [1.165, 1.54) is 21.9 Å². The topological polar surface area (TPSA) is 52.6 Å². The van der Waals surface area contributed by atoms with Gasteiger partial charge in [-0.25, -0.2) is 9.59 Å². The second-order valence-electron chi connectivity index (χ2n) is 9.80. The second-order valence-corrected chi connectivity index (χ2v) is 12.5. The molecule has 7 heteroatoms. The fraction of sp³-hybridized carbons (Fsp3) is 0.263. The standard InChI is InChI=1S/C38H37ClO4S2/c1-3-37(40)42-25-7-5-9-27-44-34-21-15-30(16-22-34)11-12-32-14-20-33(36(39)29-32)19-13-31-17-23-35(24-18-31)45-28-10-6-8-26-43-38(41)4-2/h3-4,14-18,20-24,29H,1-2,5-10,25-28H2. The molecule has 3 aromatic carbocycles. The summed E-state index contributed by atoms with van der Waals surface area (Å²) in [6, 6.07) is 22.1. The first-order chi connectivity index (χ1) is 22.0. The van der Waals surface area contributed by atoms with Crippen molar-refractivity contribution in [1.82, 2.24) is 0 Å². The highest BCUT2D eigenvalue weighted by Crippen LogP contribution is 2.22. The number of esters is 2. The van der Waals surface area contributed by atoms with Gasteiger partial charge in [-0.2, -0.15) is 0 Å². The summed E-state index contributed by atoms with van der Waals surface area (Å²) in [7, 11) is 0. The first-order valence-electron chi connectivity index (χ1n) is 14.8. The van der Waals surface area contributed by atoms with Gasteiger partial charge < -0.3 is 9.47 Å². The molecule has 0 saturated carbocycles. The molecule has 0 aliphatic heterocycles. The molecule has 0 N–H and O–H groups in total. The van der Waals surface area contributed by atoms with Gasteiger partial charge in [0.15, 0.2) is 0 Å². The van der Waals surface area contributed by atoms with Gasteiger partial charge in [-0.05, 0) is 117 Å². The average Bonchev–Trinajstić information content (AvgIpc) is 3.06. The summed E-state index contributed by atoms with van der Waals surface area (Å²) in [4.78, 5) is 24.5. The Bertz CT molecular complexity index is 1540. The predicted molar refractivity (Wildman–Crippen MR) is 188 cm³/mol. The third kappa shape index (κ3) is 14.7. The Hall–Kier alpha value is -3.81. The van der Waals surface area contributed by atoms with Crippen molar-refractivity contribution in [1.29, 1.82) is 0 Å². The summed E-state index contributed by atoms with van der Waals surface area (Å²) in [5.41, 5.74) is 3.47. The zero-order chi connectivity index (χ0) is 32.1. The Kier molecular flexibility index (Phi) is 16.7. The van der Waals surface area contributed by atoms with Crippen molar-refractivity contribution >= 4 is 47.1 Å². The van der Waals surface area contributed by atoms with Gasteiger partial charge in [0.25, 0.3) is 0 Å². The van der Waals surface area contributed by atoms with Gasteiger partial charge >= 0.3 is 11.9 Å². The molecule has 0 aliphatic carbocycles. The van der Waals surface area contributed by atoms with Crippen LogP contribution in [0.1, 0.15) is 60.8 Å². The molecular formula is C38H37ClO4S2. The Morgan fingerprint density at radius 1 is 0.622 bits per heavy atom. The van der Waals surface area contributed by atoms with E-state index in [0.29, 0.717) is 18.2 Å². The Labute approximate surface area is 281 Å². The molecule has 0 bridgehead atoms. The number of ether oxygens (including phenoxy) is 2. The van der Waals surface area contributed by atoms with Crippen molar-refractivity contribution in [2.45, 2.75) is 48.3 Å². The van der Waals surface area contributed by atoms with Crippen molar-refractivity contribution in [3.8, 4) is 23.7 Å². The van der Waals surface area contributed by atoms with E-state index in [1.54, 1.807) is 11.8 Å². The molecule has 45 heavy (non-hydrogen) atoms. The van der Waals surface area contributed by atoms with Crippen molar-refractivity contribution in [2.24, 2.45) is 0 Å². The maximum atomic E-state index is 11.0. The highest BCUT2D eigenvalue weighted by atomic mass is 35.5. The minimum Gasteiger partial charge on any atom is -0.463 e. The van der Waals surface area contributed by atoms with Crippen molar-refractivity contribution < 1.29 is 19.1 Å². The smallest absolute Gasteiger partial charge is 0.330 e. The summed E-state index contributed by atoms with van der Waals surface area (Å²) in [5.74, 6) is 14.1. The van der Waals surface area contributed by atoms with E-state index in [4.69, 9.17) is 21.1 Å². The lowest BCUT2D eigenvalue weighted by Gasteiger charge is -2.03. The van der Waals surface area contributed by atoms with Gasteiger partial charge in [0.1, 0.15) is 0 Å². The number of rotatable bonds is 16. The van der Waals surface area contributed by atoms with Gasteiger partial charge in [0.05, 0.1) is 18.2 Å². The van der Waals surface area contributed by atoms with Crippen molar-refractivity contribution in [2.75, 3.05) is 24.7 Å². The third-order valence-corrected chi connectivity index (χ3v) is 8.82. The molecule has 0 aliphatic rings. The van der Waals surface area contributed by atoms with Crippen LogP contribution in [-0.4, -0.2) is 36.7 Å². The minimum absolute atomic E-state index is 0.363. The zero-order valence-corrected chi connectivity index (χ0v) is 27.7. The Balaban J connectivity index is 1.40. The van der Waals surface area contributed by atoms with E-state index in [9.17, 15) is 9.59 Å². The summed E-state index contributed by atoms with van der Waals surface area (Å²) >= 11 is 10.1. The zero-order valence-electron chi connectivity index (χ0n) is 25.3. The highest BCUT2D eigenvalue weighted by molar-refractivity contribution is 7.99. The lowest BCUT2D eigenvalue weighted by Crippen LogP contribution is -2.01. The summed E-state index contributed by atoms with van der Waals surface area (Å²) in [6.45, 7) is 7.67. The first kappa shape index (κ1) is 35.7. The van der Waals surface area contributed by atoms with Gasteiger partial charge in [-0.1, -0.05) is 48.4 Å². The summed E-state index contributed by atoms with van der Waals surface area (Å²) in [5, 5.41) is 0.575. The molecule has 0 atom stereocenters. The van der Waals surface area contributed by atoms with Crippen LogP contribution < -0.4 is 0 Å². The van der Waals surface area contributed by atoms with Crippen LogP contribution in [-0.2, 0) is 19.1 Å². The first-order valence-corrected chi connectivity index (χ1v) is 17.2. The minimum atomic E-state index is -0.363. The SMILES string of the molecule is C=CC(=O)OCCCCCSc1ccc(C#Cc2ccc(C#Cc3ccc(SCCCCCOC(=O)C=C)cc3)c(Cl)c2)cc1.